The first-order valence-corrected chi connectivity index (χ1v) is 11.3. The van der Waals surface area contributed by atoms with Crippen LogP contribution < -0.4 is 10.2 Å². The first kappa shape index (κ1) is 20.3. The maximum absolute atomic E-state index is 14.1. The Kier molecular flexibility index (Phi) is 5.60. The van der Waals surface area contributed by atoms with Crippen molar-refractivity contribution in [2.75, 3.05) is 23.3 Å². The first-order chi connectivity index (χ1) is 15.7. The number of aromatic nitrogens is 3. The highest BCUT2D eigenvalue weighted by Crippen LogP contribution is 2.33. The van der Waals surface area contributed by atoms with Gasteiger partial charge in [-0.15, -0.1) is 21.5 Å². The van der Waals surface area contributed by atoms with Crippen molar-refractivity contribution in [3.8, 4) is 21.8 Å². The molecule has 2 aromatic heterocycles. The highest BCUT2D eigenvalue weighted by molar-refractivity contribution is 7.13. The van der Waals surface area contributed by atoms with Crippen LogP contribution >= 0.6 is 11.3 Å². The van der Waals surface area contributed by atoms with Crippen molar-refractivity contribution in [2.24, 2.45) is 0 Å². The van der Waals surface area contributed by atoms with Crippen molar-refractivity contribution < 1.29 is 9.18 Å². The van der Waals surface area contributed by atoms with E-state index in [0.717, 1.165) is 37.3 Å². The molecule has 1 saturated heterocycles. The van der Waals surface area contributed by atoms with E-state index in [1.807, 2.05) is 29.6 Å². The van der Waals surface area contributed by atoms with E-state index in [1.165, 1.54) is 17.4 Å². The summed E-state index contributed by atoms with van der Waals surface area (Å²) in [4.78, 5) is 19.6. The Morgan fingerprint density at radius 3 is 2.44 bits per heavy atom. The second-order valence-corrected chi connectivity index (χ2v) is 8.35. The fourth-order valence-electron chi connectivity index (χ4n) is 3.72. The molecule has 0 atom stereocenters. The van der Waals surface area contributed by atoms with Crippen molar-refractivity contribution in [3.05, 3.63) is 77.6 Å². The number of carbonyl (C=O) groups excluding carboxylic acids is 1. The minimum atomic E-state index is -0.345. The number of nitrogens with zero attached hydrogens (tertiary/aromatic N) is 4. The van der Waals surface area contributed by atoms with Gasteiger partial charge in [-0.25, -0.2) is 9.37 Å². The number of amides is 1. The second-order valence-electron chi connectivity index (χ2n) is 7.49. The summed E-state index contributed by atoms with van der Waals surface area (Å²) < 4.78 is 14.1. The first-order valence-electron chi connectivity index (χ1n) is 10.4. The fraction of sp³-hybridized carbons (Fsp3) is 0.167. The van der Waals surface area contributed by atoms with Crippen molar-refractivity contribution in [1.29, 1.82) is 0 Å². The highest BCUT2D eigenvalue weighted by Gasteiger charge is 2.17. The molecule has 3 heterocycles. The molecule has 1 fully saturated rings. The molecule has 0 aliphatic carbocycles. The molecule has 5 rings (SSSR count). The summed E-state index contributed by atoms with van der Waals surface area (Å²) in [5.74, 6) is 0.135. The number of halogens is 1. The number of thiazole rings is 1. The number of anilines is 2. The Balaban J connectivity index is 1.37. The summed E-state index contributed by atoms with van der Waals surface area (Å²) in [6.45, 7) is 1.94. The van der Waals surface area contributed by atoms with E-state index in [-0.39, 0.29) is 17.4 Å². The molecule has 2 aromatic carbocycles. The van der Waals surface area contributed by atoms with E-state index < -0.39 is 0 Å². The van der Waals surface area contributed by atoms with Gasteiger partial charge in [0, 0.05) is 29.6 Å². The lowest BCUT2D eigenvalue weighted by molar-refractivity contribution is 0.102. The predicted octanol–water partition coefficient (Wildman–Crippen LogP) is 5.26. The minimum Gasteiger partial charge on any atom is -0.355 e. The van der Waals surface area contributed by atoms with E-state index in [4.69, 9.17) is 0 Å². The number of hydrogen-bond donors (Lipinski definition) is 1. The van der Waals surface area contributed by atoms with Crippen LogP contribution in [0.2, 0.25) is 0 Å². The van der Waals surface area contributed by atoms with E-state index in [9.17, 15) is 9.18 Å². The number of carbonyl (C=O) groups is 1. The predicted molar refractivity (Wildman–Crippen MR) is 124 cm³/mol. The lowest BCUT2D eigenvalue weighted by Gasteiger charge is -2.15. The fourth-order valence-corrected chi connectivity index (χ4v) is 4.57. The molecule has 6 nitrogen and oxygen atoms in total. The van der Waals surface area contributed by atoms with Crippen LogP contribution in [0.4, 0.5) is 15.9 Å². The van der Waals surface area contributed by atoms with Crippen molar-refractivity contribution in [3.63, 3.8) is 0 Å². The quantitative estimate of drug-likeness (QED) is 0.454. The lowest BCUT2D eigenvalue weighted by atomic mass is 10.1. The Bertz CT molecular complexity index is 1250. The summed E-state index contributed by atoms with van der Waals surface area (Å²) in [5, 5.41) is 13.7. The van der Waals surface area contributed by atoms with E-state index in [0.29, 0.717) is 22.0 Å². The second kappa shape index (κ2) is 8.84. The molecule has 8 heteroatoms. The van der Waals surface area contributed by atoms with Gasteiger partial charge in [-0.2, -0.15) is 0 Å². The topological polar surface area (TPSA) is 71.0 Å². The van der Waals surface area contributed by atoms with Crippen LogP contribution in [-0.2, 0) is 0 Å². The van der Waals surface area contributed by atoms with Gasteiger partial charge in [0.05, 0.1) is 11.4 Å². The molecule has 0 unspecified atom stereocenters. The number of nitrogens with one attached hydrogen (secondary N) is 1. The van der Waals surface area contributed by atoms with Crippen LogP contribution in [0.15, 0.2) is 66.0 Å². The number of para-hydroxylation sites is 1. The van der Waals surface area contributed by atoms with Gasteiger partial charge in [-0.3, -0.25) is 4.79 Å². The van der Waals surface area contributed by atoms with Gasteiger partial charge >= 0.3 is 0 Å². The summed E-state index contributed by atoms with van der Waals surface area (Å²) in [5.41, 5.74) is 2.72. The molecule has 32 heavy (non-hydrogen) atoms. The van der Waals surface area contributed by atoms with Gasteiger partial charge in [0.25, 0.3) is 5.91 Å². The third-order valence-electron chi connectivity index (χ3n) is 5.37. The maximum atomic E-state index is 14.1. The average molecular weight is 446 g/mol. The molecular weight excluding hydrogens is 425 g/mol. The summed E-state index contributed by atoms with van der Waals surface area (Å²) in [6, 6.07) is 17.5. The molecule has 1 amide bonds. The van der Waals surface area contributed by atoms with E-state index >= 15 is 0 Å². The highest BCUT2D eigenvalue weighted by atomic mass is 32.1. The molecule has 0 radical (unpaired) electrons. The van der Waals surface area contributed by atoms with Gasteiger partial charge in [0.2, 0.25) is 0 Å². The van der Waals surface area contributed by atoms with Crippen LogP contribution in [0.1, 0.15) is 23.3 Å². The number of hydrogen-bond acceptors (Lipinski definition) is 6. The van der Waals surface area contributed by atoms with Gasteiger partial charge < -0.3 is 10.2 Å². The zero-order valence-corrected chi connectivity index (χ0v) is 18.0. The molecular formula is C24H20FN5OS. The standard InChI is InChI=1S/C24H20FN5OS/c25-18-9-3-1-7-16(18)24-27-21(15-32-24)17-8-2-4-10-19(17)26-23(31)20-11-12-22(29-28-20)30-13-5-6-14-30/h1-4,7-12,15H,5-6,13-14H2,(H,26,31). The van der Waals surface area contributed by atoms with Crippen LogP contribution in [0.3, 0.4) is 0 Å². The Morgan fingerprint density at radius 2 is 1.69 bits per heavy atom. The normalized spacial score (nSPS) is 13.3. The average Bonchev–Trinajstić information content (AvgIpc) is 3.53. The number of rotatable bonds is 5. The van der Waals surface area contributed by atoms with Gasteiger partial charge in [0.1, 0.15) is 10.8 Å². The largest absolute Gasteiger partial charge is 0.355 e. The molecule has 0 bridgehead atoms. The van der Waals surface area contributed by atoms with Gasteiger partial charge in [-0.05, 0) is 43.2 Å². The Morgan fingerprint density at radius 1 is 0.938 bits per heavy atom. The minimum absolute atomic E-state index is 0.244. The molecule has 0 saturated carbocycles. The van der Waals surface area contributed by atoms with Crippen molar-refractivity contribution >= 4 is 28.7 Å². The monoisotopic (exact) mass is 445 g/mol. The molecule has 160 valence electrons. The van der Waals surface area contributed by atoms with Crippen molar-refractivity contribution in [2.45, 2.75) is 12.8 Å². The number of benzene rings is 2. The third-order valence-corrected chi connectivity index (χ3v) is 6.25. The van der Waals surface area contributed by atoms with Gasteiger partial charge in [0.15, 0.2) is 11.5 Å². The SMILES string of the molecule is O=C(Nc1ccccc1-c1csc(-c2ccccc2F)n1)c1ccc(N2CCCC2)nn1. The molecule has 4 aromatic rings. The Labute approximate surface area is 188 Å². The van der Waals surface area contributed by atoms with E-state index in [1.54, 1.807) is 30.3 Å². The summed E-state index contributed by atoms with van der Waals surface area (Å²) >= 11 is 1.36. The maximum Gasteiger partial charge on any atom is 0.276 e. The van der Waals surface area contributed by atoms with Crippen LogP contribution in [0.25, 0.3) is 21.8 Å². The Hall–Kier alpha value is -3.65. The smallest absolute Gasteiger partial charge is 0.276 e. The van der Waals surface area contributed by atoms with Gasteiger partial charge in [-0.1, -0.05) is 30.3 Å². The molecule has 0 spiro atoms. The zero-order valence-electron chi connectivity index (χ0n) is 17.2. The molecule has 1 aliphatic heterocycles. The van der Waals surface area contributed by atoms with E-state index in [2.05, 4.69) is 25.4 Å². The lowest BCUT2D eigenvalue weighted by Crippen LogP contribution is -2.21. The molecule has 1 N–H and O–H groups in total. The summed E-state index contributed by atoms with van der Waals surface area (Å²) in [6.07, 6.45) is 2.30. The van der Waals surface area contributed by atoms with Crippen LogP contribution in [0, 0.1) is 5.82 Å². The van der Waals surface area contributed by atoms with Crippen LogP contribution in [0.5, 0.6) is 0 Å². The van der Waals surface area contributed by atoms with Crippen molar-refractivity contribution in [1.82, 2.24) is 15.2 Å². The summed E-state index contributed by atoms with van der Waals surface area (Å²) in [7, 11) is 0. The molecule has 1 aliphatic rings. The third kappa shape index (κ3) is 4.09. The van der Waals surface area contributed by atoms with Crippen LogP contribution in [-0.4, -0.2) is 34.2 Å². The zero-order chi connectivity index (χ0) is 21.9.